The maximum absolute atomic E-state index is 14.4. The second kappa shape index (κ2) is 9.30. The predicted molar refractivity (Wildman–Crippen MR) is 124 cm³/mol. The largest absolute Gasteiger partial charge is 0.462 e. The van der Waals surface area contributed by atoms with Gasteiger partial charge in [0.05, 0.1) is 34.1 Å². The van der Waals surface area contributed by atoms with Crippen LogP contribution >= 0.6 is 11.6 Å². The van der Waals surface area contributed by atoms with E-state index in [1.165, 1.54) is 18.3 Å². The van der Waals surface area contributed by atoms with E-state index in [1.807, 2.05) is 6.07 Å². The summed E-state index contributed by atoms with van der Waals surface area (Å²) in [5, 5.41) is 0.164. The van der Waals surface area contributed by atoms with E-state index >= 15 is 0 Å². The molecule has 4 aromatic rings. The number of halogens is 3. The Kier molecular flexibility index (Phi) is 6.46. The first-order valence-corrected chi connectivity index (χ1v) is 11.2. The summed E-state index contributed by atoms with van der Waals surface area (Å²) in [5.41, 5.74) is 0.956. The number of rotatable bonds is 6. The number of hydrogen-bond acceptors (Lipinski definition) is 3. The van der Waals surface area contributed by atoms with Crippen molar-refractivity contribution in [3.63, 3.8) is 0 Å². The zero-order chi connectivity index (χ0) is 23.7. The quantitative estimate of drug-likeness (QED) is 0.265. The molecule has 0 saturated carbocycles. The highest BCUT2D eigenvalue weighted by atomic mass is 35.5. The molecule has 1 heterocycles. The number of fused-ring (bicyclic) bond motifs is 1. The Morgan fingerprint density at radius 2 is 1.85 bits per heavy atom. The number of anilines is 2. The first kappa shape index (κ1) is 22.9. The molecule has 0 amide bonds. The Labute approximate surface area is 195 Å². The lowest BCUT2D eigenvalue weighted by Crippen LogP contribution is -2.20. The minimum absolute atomic E-state index is 0.0303. The molecule has 3 aromatic carbocycles. The summed E-state index contributed by atoms with van der Waals surface area (Å²) in [6.45, 7) is 1.61. The number of carbonyl (C=O) groups excluding carboxylic acids is 1. The molecule has 0 bridgehead atoms. The smallest absolute Gasteiger partial charge is 0.341 e. The number of benzene rings is 3. The molecule has 4 rings (SSSR count). The van der Waals surface area contributed by atoms with Crippen LogP contribution in [0.1, 0.15) is 17.3 Å². The third-order valence-electron chi connectivity index (χ3n) is 4.91. The van der Waals surface area contributed by atoms with Gasteiger partial charge in [-0.15, -0.1) is 0 Å². The predicted octanol–water partition coefficient (Wildman–Crippen LogP) is 6.01. The second-order valence-corrected chi connectivity index (χ2v) is 8.15. The van der Waals surface area contributed by atoms with Crippen molar-refractivity contribution in [1.82, 2.24) is 4.57 Å². The molecule has 33 heavy (non-hydrogen) atoms. The van der Waals surface area contributed by atoms with Crippen molar-refractivity contribution in [2.45, 2.75) is 6.92 Å². The Balaban J connectivity index is 1.96. The number of para-hydroxylation sites is 1. The number of nitrogens with zero attached hydrogens (tertiary/aromatic N) is 2. The highest BCUT2D eigenvalue weighted by Crippen LogP contribution is 2.39. The van der Waals surface area contributed by atoms with Crippen molar-refractivity contribution in [2.75, 3.05) is 10.9 Å². The zero-order valence-electron chi connectivity index (χ0n) is 17.2. The molecule has 1 unspecified atom stereocenters. The van der Waals surface area contributed by atoms with E-state index in [0.717, 1.165) is 22.5 Å². The van der Waals surface area contributed by atoms with Crippen molar-refractivity contribution >= 4 is 51.1 Å². The standard InChI is InChI=1S/C23H17ClF2N2O4S/c1-2-32-23(29)16-10-15(8-9-19(16)25)28(33(30)31)22-13-27(14-6-4-3-5-7-14)21-12-18(24)20(26)11-17(21)22/h3-13H,2H2,1H3,(H,30,31). The third-order valence-corrected chi connectivity index (χ3v) is 5.92. The van der Waals surface area contributed by atoms with Crippen molar-refractivity contribution in [1.29, 1.82) is 0 Å². The van der Waals surface area contributed by atoms with E-state index in [-0.39, 0.29) is 28.4 Å². The Bertz CT molecular complexity index is 1380. The minimum atomic E-state index is -2.66. The minimum Gasteiger partial charge on any atom is -0.462 e. The van der Waals surface area contributed by atoms with Crippen molar-refractivity contribution < 1.29 is 27.1 Å². The summed E-state index contributed by atoms with van der Waals surface area (Å²) in [6.07, 6.45) is 1.54. The molecule has 0 aliphatic heterocycles. The normalized spacial score (nSPS) is 12.0. The van der Waals surface area contributed by atoms with E-state index in [2.05, 4.69) is 0 Å². The van der Waals surface area contributed by atoms with Crippen molar-refractivity contribution in [3.8, 4) is 5.69 Å². The van der Waals surface area contributed by atoms with Crippen LogP contribution in [0.2, 0.25) is 5.02 Å². The van der Waals surface area contributed by atoms with Gasteiger partial charge in [-0.05, 0) is 49.4 Å². The zero-order valence-corrected chi connectivity index (χ0v) is 18.7. The lowest BCUT2D eigenvalue weighted by molar-refractivity contribution is 0.0521. The number of aromatic nitrogens is 1. The average molecular weight is 491 g/mol. The van der Waals surface area contributed by atoms with Crippen LogP contribution < -0.4 is 4.31 Å². The molecule has 6 nitrogen and oxygen atoms in total. The second-order valence-electron chi connectivity index (χ2n) is 6.91. The lowest BCUT2D eigenvalue weighted by atomic mass is 10.1. The highest BCUT2D eigenvalue weighted by Gasteiger charge is 2.25. The van der Waals surface area contributed by atoms with Gasteiger partial charge in [0.1, 0.15) is 11.6 Å². The van der Waals surface area contributed by atoms with Crippen LogP contribution in [-0.2, 0) is 16.0 Å². The first-order valence-electron chi connectivity index (χ1n) is 9.75. The molecule has 1 N–H and O–H groups in total. The monoisotopic (exact) mass is 490 g/mol. The molecular formula is C23H17ClF2N2O4S. The summed E-state index contributed by atoms with van der Waals surface area (Å²) < 4.78 is 58.7. The number of hydrogen-bond donors (Lipinski definition) is 1. The molecule has 170 valence electrons. The van der Waals surface area contributed by atoms with Crippen molar-refractivity contribution in [2.24, 2.45) is 0 Å². The summed E-state index contributed by atoms with van der Waals surface area (Å²) in [5.74, 6) is -2.47. The molecule has 0 aliphatic rings. The number of carbonyl (C=O) groups is 1. The molecule has 0 aliphatic carbocycles. The van der Waals surface area contributed by atoms with Gasteiger partial charge < -0.3 is 9.30 Å². The summed E-state index contributed by atoms with van der Waals surface area (Å²) in [7, 11) is 0. The van der Waals surface area contributed by atoms with Crippen LogP contribution in [0.5, 0.6) is 0 Å². The van der Waals surface area contributed by atoms with Gasteiger partial charge >= 0.3 is 5.97 Å². The van der Waals surface area contributed by atoms with Crippen LogP contribution in [-0.4, -0.2) is 25.9 Å². The third kappa shape index (κ3) is 4.35. The van der Waals surface area contributed by atoms with E-state index < -0.39 is 34.4 Å². The van der Waals surface area contributed by atoms with Gasteiger partial charge in [0.25, 0.3) is 11.3 Å². The van der Waals surface area contributed by atoms with E-state index in [9.17, 15) is 22.3 Å². The SMILES string of the molecule is CCOC(=O)c1cc(N(c2cn(-c3ccccc3)c3cc(Cl)c(F)cc23)S(=O)O)ccc1F. The van der Waals surface area contributed by atoms with Gasteiger partial charge in [0, 0.05) is 17.3 Å². The maximum atomic E-state index is 14.4. The van der Waals surface area contributed by atoms with Gasteiger partial charge in [-0.2, -0.15) is 0 Å². The fraction of sp³-hybridized carbons (Fsp3) is 0.0870. The molecular weight excluding hydrogens is 474 g/mol. The molecule has 0 fully saturated rings. The Hall–Kier alpha value is -3.27. The summed E-state index contributed by atoms with van der Waals surface area (Å²) in [6, 6.07) is 15.0. The number of esters is 1. The van der Waals surface area contributed by atoms with Gasteiger partial charge in [-0.3, -0.25) is 4.55 Å². The van der Waals surface area contributed by atoms with Gasteiger partial charge in [-0.1, -0.05) is 29.8 Å². The molecule has 10 heteroatoms. The van der Waals surface area contributed by atoms with Gasteiger partial charge in [0.15, 0.2) is 0 Å². The van der Waals surface area contributed by atoms with Gasteiger partial charge in [-0.25, -0.2) is 22.1 Å². The molecule has 0 spiro atoms. The maximum Gasteiger partial charge on any atom is 0.341 e. The van der Waals surface area contributed by atoms with Crippen LogP contribution in [0.25, 0.3) is 16.6 Å². The van der Waals surface area contributed by atoms with Crippen molar-refractivity contribution in [3.05, 3.63) is 89.1 Å². The first-order chi connectivity index (χ1) is 15.8. The van der Waals surface area contributed by atoms with E-state index in [0.29, 0.717) is 11.2 Å². The summed E-state index contributed by atoms with van der Waals surface area (Å²) in [4.78, 5) is 12.1. The Morgan fingerprint density at radius 3 is 2.52 bits per heavy atom. The lowest BCUT2D eigenvalue weighted by Gasteiger charge is -2.20. The van der Waals surface area contributed by atoms with E-state index in [4.69, 9.17) is 16.3 Å². The molecule has 0 saturated heterocycles. The Morgan fingerprint density at radius 1 is 1.12 bits per heavy atom. The van der Waals surface area contributed by atoms with Gasteiger partial charge in [0.2, 0.25) is 0 Å². The molecule has 1 aromatic heterocycles. The fourth-order valence-corrected chi connectivity index (χ4v) is 4.25. The van der Waals surface area contributed by atoms with Crippen LogP contribution in [0.4, 0.5) is 20.2 Å². The fourth-order valence-electron chi connectivity index (χ4n) is 3.48. The average Bonchev–Trinajstić information content (AvgIpc) is 3.13. The highest BCUT2D eigenvalue weighted by molar-refractivity contribution is 7.81. The number of ether oxygens (including phenoxy) is 1. The molecule has 1 atom stereocenters. The van der Waals surface area contributed by atoms with E-state index in [1.54, 1.807) is 35.8 Å². The van der Waals surface area contributed by atoms with Crippen LogP contribution in [0, 0.1) is 11.6 Å². The van der Waals surface area contributed by atoms with Crippen LogP contribution in [0.15, 0.2) is 66.9 Å². The van der Waals surface area contributed by atoms with Crippen LogP contribution in [0.3, 0.4) is 0 Å². The topological polar surface area (TPSA) is 71.8 Å². The molecule has 0 radical (unpaired) electrons. The summed E-state index contributed by atoms with van der Waals surface area (Å²) >= 11 is 3.36.